The Morgan fingerprint density at radius 1 is 1.62 bits per heavy atom. The average molecular weight is 181 g/mol. The summed E-state index contributed by atoms with van der Waals surface area (Å²) in [6.45, 7) is 2.22. The topological polar surface area (TPSA) is 50.1 Å². The minimum atomic E-state index is -0.202. The first-order valence-electron chi connectivity index (χ1n) is 4.79. The second-order valence-electron chi connectivity index (χ2n) is 3.55. The van der Waals surface area contributed by atoms with Crippen LogP contribution >= 0.6 is 0 Å². The van der Waals surface area contributed by atoms with Crippen LogP contribution in [0.1, 0.15) is 39.0 Å². The van der Waals surface area contributed by atoms with Gasteiger partial charge in [-0.1, -0.05) is 6.42 Å². The lowest BCUT2D eigenvalue weighted by molar-refractivity contribution is -0.143. The van der Waals surface area contributed by atoms with Crippen LogP contribution in [0, 0.1) is 16.7 Å². The maximum absolute atomic E-state index is 11.0. The van der Waals surface area contributed by atoms with Crippen molar-refractivity contribution in [1.29, 1.82) is 5.26 Å². The summed E-state index contributed by atoms with van der Waals surface area (Å²) in [6, 6.07) is 2.30. The molecule has 1 aliphatic rings. The molecule has 0 aliphatic heterocycles. The van der Waals surface area contributed by atoms with Gasteiger partial charge in [-0.15, -0.1) is 0 Å². The molecule has 0 aromatic carbocycles. The maximum Gasteiger partial charge on any atom is 0.305 e. The molecule has 1 rings (SSSR count). The minimum Gasteiger partial charge on any atom is -0.466 e. The van der Waals surface area contributed by atoms with Crippen LogP contribution in [0.25, 0.3) is 0 Å². The van der Waals surface area contributed by atoms with Gasteiger partial charge in [0.25, 0.3) is 0 Å². The normalized spacial score (nSPS) is 18.5. The molecule has 1 fully saturated rings. The van der Waals surface area contributed by atoms with Crippen LogP contribution in [0.4, 0.5) is 0 Å². The molecule has 0 N–H and O–H groups in total. The maximum atomic E-state index is 11.0. The van der Waals surface area contributed by atoms with Gasteiger partial charge in [0.15, 0.2) is 0 Å². The number of carbonyl (C=O) groups is 1. The zero-order valence-electron chi connectivity index (χ0n) is 8.01. The van der Waals surface area contributed by atoms with Crippen molar-refractivity contribution in [3.63, 3.8) is 0 Å². The Morgan fingerprint density at radius 3 is 2.69 bits per heavy atom. The van der Waals surface area contributed by atoms with Gasteiger partial charge in [0.1, 0.15) is 0 Å². The van der Waals surface area contributed by atoms with Crippen molar-refractivity contribution in [2.75, 3.05) is 6.61 Å². The zero-order valence-corrected chi connectivity index (χ0v) is 8.01. The molecule has 0 aromatic heterocycles. The van der Waals surface area contributed by atoms with Gasteiger partial charge in [0.05, 0.1) is 18.1 Å². The number of carbonyl (C=O) groups excluding carboxylic acids is 1. The molecule has 0 bridgehead atoms. The third-order valence-corrected chi connectivity index (χ3v) is 2.66. The molecular weight excluding hydrogens is 166 g/mol. The van der Waals surface area contributed by atoms with E-state index in [0.29, 0.717) is 19.4 Å². The largest absolute Gasteiger partial charge is 0.466 e. The summed E-state index contributed by atoms with van der Waals surface area (Å²) < 4.78 is 4.80. The van der Waals surface area contributed by atoms with Gasteiger partial charge in [-0.3, -0.25) is 4.79 Å². The van der Waals surface area contributed by atoms with E-state index in [1.54, 1.807) is 6.92 Å². The highest BCUT2D eigenvalue weighted by molar-refractivity contribution is 5.69. The van der Waals surface area contributed by atoms with Gasteiger partial charge in [0, 0.05) is 6.42 Å². The quantitative estimate of drug-likeness (QED) is 0.623. The molecule has 72 valence electrons. The zero-order chi connectivity index (χ0) is 9.73. The number of hydrogen-bond acceptors (Lipinski definition) is 3. The van der Waals surface area contributed by atoms with Crippen molar-refractivity contribution < 1.29 is 9.53 Å². The van der Waals surface area contributed by atoms with Crippen molar-refractivity contribution >= 4 is 5.97 Å². The smallest absolute Gasteiger partial charge is 0.305 e. The van der Waals surface area contributed by atoms with E-state index in [-0.39, 0.29) is 11.4 Å². The third kappa shape index (κ3) is 2.45. The molecule has 0 heterocycles. The van der Waals surface area contributed by atoms with E-state index < -0.39 is 0 Å². The Labute approximate surface area is 78.7 Å². The Balaban J connectivity index is 2.25. The summed E-state index contributed by atoms with van der Waals surface area (Å²) in [5.41, 5.74) is -0.202. The fourth-order valence-electron chi connectivity index (χ4n) is 1.60. The lowest BCUT2D eigenvalue weighted by Crippen LogP contribution is -2.28. The van der Waals surface area contributed by atoms with Gasteiger partial charge >= 0.3 is 5.97 Å². The van der Waals surface area contributed by atoms with Gasteiger partial charge in [-0.2, -0.15) is 5.26 Å². The van der Waals surface area contributed by atoms with Crippen LogP contribution in [0.3, 0.4) is 0 Å². The highest BCUT2D eigenvalue weighted by Gasteiger charge is 2.37. The summed E-state index contributed by atoms with van der Waals surface area (Å²) in [7, 11) is 0. The number of nitriles is 1. The second kappa shape index (κ2) is 4.27. The van der Waals surface area contributed by atoms with Crippen LogP contribution in [-0.4, -0.2) is 12.6 Å². The standard InChI is InChI=1S/C10H15NO2/c1-2-13-9(12)4-7-10(8-11)5-3-6-10/h2-7H2,1H3. The van der Waals surface area contributed by atoms with E-state index >= 15 is 0 Å². The molecule has 0 atom stereocenters. The molecule has 0 amide bonds. The summed E-state index contributed by atoms with van der Waals surface area (Å²) in [5, 5.41) is 8.88. The number of nitrogens with zero attached hydrogens (tertiary/aromatic N) is 1. The Hall–Kier alpha value is -1.04. The van der Waals surface area contributed by atoms with Gasteiger partial charge in [0.2, 0.25) is 0 Å². The molecule has 0 saturated heterocycles. The SMILES string of the molecule is CCOC(=O)CCC1(C#N)CCC1. The predicted octanol–water partition coefficient (Wildman–Crippen LogP) is 2.02. The van der Waals surface area contributed by atoms with E-state index in [9.17, 15) is 4.79 Å². The lowest BCUT2D eigenvalue weighted by atomic mass is 9.67. The lowest BCUT2D eigenvalue weighted by Gasteiger charge is -2.34. The average Bonchev–Trinajstić information content (AvgIpc) is 2.04. The van der Waals surface area contributed by atoms with E-state index in [1.807, 2.05) is 0 Å². The monoisotopic (exact) mass is 181 g/mol. The first-order valence-corrected chi connectivity index (χ1v) is 4.79. The van der Waals surface area contributed by atoms with Crippen molar-refractivity contribution in [1.82, 2.24) is 0 Å². The molecular formula is C10H15NO2. The molecule has 3 heteroatoms. The van der Waals surface area contributed by atoms with Crippen LogP contribution < -0.4 is 0 Å². The molecule has 3 nitrogen and oxygen atoms in total. The number of hydrogen-bond donors (Lipinski definition) is 0. The molecule has 0 aromatic rings. The van der Waals surface area contributed by atoms with Crippen LogP contribution in [-0.2, 0) is 9.53 Å². The Morgan fingerprint density at radius 2 is 2.31 bits per heavy atom. The Bertz CT molecular complexity index is 226. The molecule has 13 heavy (non-hydrogen) atoms. The molecule has 0 unspecified atom stereocenters. The minimum absolute atomic E-state index is 0.177. The number of esters is 1. The fourth-order valence-corrected chi connectivity index (χ4v) is 1.60. The Kier molecular flexibility index (Phi) is 3.30. The summed E-state index contributed by atoms with van der Waals surface area (Å²) in [6.07, 6.45) is 4.08. The van der Waals surface area contributed by atoms with Gasteiger partial charge < -0.3 is 4.74 Å². The van der Waals surface area contributed by atoms with Gasteiger partial charge in [-0.05, 0) is 26.2 Å². The van der Waals surface area contributed by atoms with Crippen molar-refractivity contribution in [3.05, 3.63) is 0 Å². The van der Waals surface area contributed by atoms with E-state index in [1.165, 1.54) is 0 Å². The summed E-state index contributed by atoms with van der Waals surface area (Å²) >= 11 is 0. The van der Waals surface area contributed by atoms with Crippen molar-refractivity contribution in [2.24, 2.45) is 5.41 Å². The van der Waals surface area contributed by atoms with E-state index in [4.69, 9.17) is 10.00 Å². The molecule has 1 aliphatic carbocycles. The van der Waals surface area contributed by atoms with Crippen LogP contribution in [0.2, 0.25) is 0 Å². The number of ether oxygens (including phenoxy) is 1. The molecule has 0 radical (unpaired) electrons. The third-order valence-electron chi connectivity index (χ3n) is 2.66. The highest BCUT2D eigenvalue weighted by Crippen LogP contribution is 2.44. The van der Waals surface area contributed by atoms with Crippen molar-refractivity contribution in [3.8, 4) is 6.07 Å². The van der Waals surface area contributed by atoms with Crippen LogP contribution in [0.5, 0.6) is 0 Å². The predicted molar refractivity (Wildman–Crippen MR) is 47.8 cm³/mol. The first-order chi connectivity index (χ1) is 6.22. The summed E-state index contributed by atoms with van der Waals surface area (Å²) in [4.78, 5) is 11.0. The second-order valence-corrected chi connectivity index (χ2v) is 3.55. The molecule has 0 spiro atoms. The van der Waals surface area contributed by atoms with E-state index in [0.717, 1.165) is 19.3 Å². The molecule has 1 saturated carbocycles. The number of rotatable bonds is 4. The van der Waals surface area contributed by atoms with Crippen molar-refractivity contribution in [2.45, 2.75) is 39.0 Å². The van der Waals surface area contributed by atoms with Gasteiger partial charge in [-0.25, -0.2) is 0 Å². The first kappa shape index (κ1) is 10.0. The fraction of sp³-hybridized carbons (Fsp3) is 0.800. The summed E-state index contributed by atoms with van der Waals surface area (Å²) in [5.74, 6) is -0.177. The highest BCUT2D eigenvalue weighted by atomic mass is 16.5. The van der Waals surface area contributed by atoms with Crippen LogP contribution in [0.15, 0.2) is 0 Å². The van der Waals surface area contributed by atoms with E-state index in [2.05, 4.69) is 6.07 Å².